The number of ether oxygens (including phenoxy) is 2. The van der Waals surface area contributed by atoms with Crippen molar-refractivity contribution in [3.63, 3.8) is 0 Å². The molecule has 0 fully saturated rings. The molecule has 0 unspecified atom stereocenters. The zero-order chi connectivity index (χ0) is 16.7. The van der Waals surface area contributed by atoms with Crippen LogP contribution in [0.3, 0.4) is 0 Å². The van der Waals surface area contributed by atoms with Crippen LogP contribution in [-0.4, -0.2) is 25.8 Å². The summed E-state index contributed by atoms with van der Waals surface area (Å²) in [5.41, 5.74) is 3.81. The molecule has 120 valence electrons. The molecule has 23 heavy (non-hydrogen) atoms. The van der Waals surface area contributed by atoms with Gasteiger partial charge in [0.1, 0.15) is 0 Å². The number of carbonyl (C=O) groups excluding carboxylic acids is 1. The first-order valence-electron chi connectivity index (χ1n) is 7.04. The summed E-state index contributed by atoms with van der Waals surface area (Å²) in [6.07, 6.45) is 1.55. The lowest BCUT2D eigenvalue weighted by Crippen LogP contribution is -2.18. The van der Waals surface area contributed by atoms with Gasteiger partial charge < -0.3 is 9.47 Å². The Labute approximate surface area is 143 Å². The van der Waals surface area contributed by atoms with Crippen LogP contribution in [0.1, 0.15) is 22.8 Å². The van der Waals surface area contributed by atoms with Crippen LogP contribution in [0, 0.1) is 0 Å². The highest BCUT2D eigenvalue weighted by Gasteiger charge is 2.08. The Morgan fingerprint density at radius 3 is 2.74 bits per heavy atom. The van der Waals surface area contributed by atoms with Crippen molar-refractivity contribution in [3.05, 3.63) is 58.1 Å². The zero-order valence-electron chi connectivity index (χ0n) is 12.9. The van der Waals surface area contributed by atoms with Crippen LogP contribution < -0.4 is 14.9 Å². The van der Waals surface area contributed by atoms with Crippen LogP contribution in [0.15, 0.2) is 52.0 Å². The minimum absolute atomic E-state index is 0.286. The number of benzene rings is 2. The molecule has 0 aliphatic carbocycles. The van der Waals surface area contributed by atoms with Gasteiger partial charge >= 0.3 is 0 Å². The Hall–Kier alpha value is -2.34. The largest absolute Gasteiger partial charge is 0.493 e. The molecule has 1 N–H and O–H groups in total. The van der Waals surface area contributed by atoms with E-state index in [9.17, 15) is 4.79 Å². The summed E-state index contributed by atoms with van der Waals surface area (Å²) in [4.78, 5) is 12.0. The molecule has 0 saturated heterocycles. The number of methoxy groups -OCH3 is 1. The number of carbonyl (C=O) groups is 1. The molecule has 0 aliphatic rings. The molecule has 0 aromatic heterocycles. The quantitative estimate of drug-likeness (QED) is 0.618. The van der Waals surface area contributed by atoms with Gasteiger partial charge in [-0.2, -0.15) is 5.10 Å². The molecular weight excluding hydrogens is 360 g/mol. The number of amides is 1. The summed E-state index contributed by atoms with van der Waals surface area (Å²) in [5, 5.41) is 3.97. The lowest BCUT2D eigenvalue weighted by atomic mass is 10.2. The van der Waals surface area contributed by atoms with Gasteiger partial charge in [0.25, 0.3) is 5.91 Å². The summed E-state index contributed by atoms with van der Waals surface area (Å²) >= 11 is 3.33. The number of halogens is 1. The molecule has 0 atom stereocenters. The van der Waals surface area contributed by atoms with Crippen LogP contribution in [0.25, 0.3) is 0 Å². The van der Waals surface area contributed by atoms with E-state index in [1.54, 1.807) is 43.7 Å². The monoisotopic (exact) mass is 376 g/mol. The van der Waals surface area contributed by atoms with Gasteiger partial charge in [-0.1, -0.05) is 12.1 Å². The molecule has 2 rings (SSSR count). The molecule has 1 amide bonds. The fourth-order valence-electron chi connectivity index (χ4n) is 1.91. The van der Waals surface area contributed by atoms with Crippen molar-refractivity contribution >= 4 is 28.1 Å². The van der Waals surface area contributed by atoms with Crippen LogP contribution in [0.2, 0.25) is 0 Å². The summed E-state index contributed by atoms with van der Waals surface area (Å²) < 4.78 is 11.4. The second-order valence-electron chi connectivity index (χ2n) is 4.52. The molecule has 6 heteroatoms. The predicted molar refractivity (Wildman–Crippen MR) is 93.4 cm³/mol. The normalized spacial score (nSPS) is 10.6. The van der Waals surface area contributed by atoms with Gasteiger partial charge in [-0.05, 0) is 58.7 Å². The second-order valence-corrected chi connectivity index (χ2v) is 5.38. The zero-order valence-corrected chi connectivity index (χ0v) is 14.5. The Bertz CT molecular complexity index is 717. The highest BCUT2D eigenvalue weighted by Crippen LogP contribution is 2.27. The number of hydrogen-bond acceptors (Lipinski definition) is 4. The van der Waals surface area contributed by atoms with E-state index in [0.29, 0.717) is 23.7 Å². The van der Waals surface area contributed by atoms with E-state index >= 15 is 0 Å². The van der Waals surface area contributed by atoms with Crippen molar-refractivity contribution < 1.29 is 14.3 Å². The van der Waals surface area contributed by atoms with Gasteiger partial charge in [0, 0.05) is 4.47 Å². The number of hydrogen-bond donors (Lipinski definition) is 1. The maximum absolute atomic E-state index is 12.0. The van der Waals surface area contributed by atoms with Gasteiger partial charge in [-0.3, -0.25) is 4.79 Å². The average Bonchev–Trinajstić information content (AvgIpc) is 2.56. The fourth-order valence-corrected chi connectivity index (χ4v) is 2.38. The summed E-state index contributed by atoms with van der Waals surface area (Å²) in [5.74, 6) is 1.00. The van der Waals surface area contributed by atoms with E-state index in [4.69, 9.17) is 9.47 Å². The Morgan fingerprint density at radius 2 is 2.04 bits per heavy atom. The van der Waals surface area contributed by atoms with E-state index in [0.717, 1.165) is 10.0 Å². The number of nitrogens with zero attached hydrogens (tertiary/aromatic N) is 1. The van der Waals surface area contributed by atoms with Gasteiger partial charge in [0.15, 0.2) is 11.5 Å². The maximum Gasteiger partial charge on any atom is 0.272 e. The molecule has 5 nitrogen and oxygen atoms in total. The summed E-state index contributed by atoms with van der Waals surface area (Å²) in [7, 11) is 1.58. The third-order valence-corrected chi connectivity index (χ3v) is 3.68. The Balaban J connectivity index is 2.06. The molecule has 0 aliphatic heterocycles. The Kier molecular flexibility index (Phi) is 6.17. The van der Waals surface area contributed by atoms with E-state index in [2.05, 4.69) is 26.5 Å². The number of rotatable bonds is 6. The summed E-state index contributed by atoms with van der Waals surface area (Å²) in [6.45, 7) is 2.47. The first kappa shape index (κ1) is 17.0. The van der Waals surface area contributed by atoms with Crippen molar-refractivity contribution in [2.24, 2.45) is 5.10 Å². The van der Waals surface area contributed by atoms with E-state index in [1.807, 2.05) is 19.1 Å². The molecule has 0 saturated carbocycles. The first-order chi connectivity index (χ1) is 11.2. The first-order valence-corrected chi connectivity index (χ1v) is 7.83. The number of hydrazone groups is 1. The SMILES string of the molecule is CCOc1ccc(/C=N/NC(=O)c2ccccc2Br)cc1OC. The van der Waals surface area contributed by atoms with Gasteiger partial charge in [-0.25, -0.2) is 5.43 Å². The van der Waals surface area contributed by atoms with E-state index in [-0.39, 0.29) is 5.91 Å². The van der Waals surface area contributed by atoms with Gasteiger partial charge in [0.2, 0.25) is 0 Å². The van der Waals surface area contributed by atoms with Gasteiger partial charge in [-0.15, -0.1) is 0 Å². The smallest absolute Gasteiger partial charge is 0.272 e. The van der Waals surface area contributed by atoms with Crippen LogP contribution >= 0.6 is 15.9 Å². The van der Waals surface area contributed by atoms with Crippen molar-refractivity contribution in [3.8, 4) is 11.5 Å². The Morgan fingerprint density at radius 1 is 1.26 bits per heavy atom. The molecule has 2 aromatic carbocycles. The molecule has 0 heterocycles. The minimum atomic E-state index is -0.286. The van der Waals surface area contributed by atoms with Gasteiger partial charge in [0.05, 0.1) is 25.5 Å². The van der Waals surface area contributed by atoms with Crippen LogP contribution in [-0.2, 0) is 0 Å². The minimum Gasteiger partial charge on any atom is -0.493 e. The van der Waals surface area contributed by atoms with E-state index in [1.165, 1.54) is 0 Å². The lowest BCUT2D eigenvalue weighted by Gasteiger charge is -2.09. The maximum atomic E-state index is 12.0. The average molecular weight is 377 g/mol. The molecule has 0 spiro atoms. The second kappa shape index (κ2) is 8.33. The highest BCUT2D eigenvalue weighted by molar-refractivity contribution is 9.10. The third kappa shape index (κ3) is 4.56. The topological polar surface area (TPSA) is 59.9 Å². The summed E-state index contributed by atoms with van der Waals surface area (Å²) in [6, 6.07) is 12.6. The van der Waals surface area contributed by atoms with Crippen LogP contribution in [0.5, 0.6) is 11.5 Å². The molecular formula is C17H17BrN2O3. The molecule has 2 aromatic rings. The van der Waals surface area contributed by atoms with Crippen LogP contribution in [0.4, 0.5) is 0 Å². The number of nitrogens with one attached hydrogen (secondary N) is 1. The van der Waals surface area contributed by atoms with Crippen molar-refractivity contribution in [1.29, 1.82) is 0 Å². The van der Waals surface area contributed by atoms with Crippen molar-refractivity contribution in [1.82, 2.24) is 5.43 Å². The van der Waals surface area contributed by atoms with E-state index < -0.39 is 0 Å². The standard InChI is InChI=1S/C17H17BrN2O3/c1-3-23-15-9-8-12(10-16(15)22-2)11-19-20-17(21)13-6-4-5-7-14(13)18/h4-11H,3H2,1-2H3,(H,20,21)/b19-11+. The van der Waals surface area contributed by atoms with Crippen molar-refractivity contribution in [2.75, 3.05) is 13.7 Å². The fraction of sp³-hybridized carbons (Fsp3) is 0.176. The third-order valence-electron chi connectivity index (χ3n) is 2.99. The lowest BCUT2D eigenvalue weighted by molar-refractivity contribution is 0.0954. The highest BCUT2D eigenvalue weighted by atomic mass is 79.9. The van der Waals surface area contributed by atoms with Crippen molar-refractivity contribution in [2.45, 2.75) is 6.92 Å². The molecule has 0 bridgehead atoms. The molecule has 0 radical (unpaired) electrons. The predicted octanol–water partition coefficient (Wildman–Crippen LogP) is 3.62.